The summed E-state index contributed by atoms with van der Waals surface area (Å²) >= 11 is 6.10. The number of urea groups is 1. The van der Waals surface area contributed by atoms with Crippen LogP contribution in [-0.2, 0) is 0 Å². The summed E-state index contributed by atoms with van der Waals surface area (Å²) in [5.74, 6) is -0.0576. The number of carbonyl (C=O) groups excluding carboxylic acids is 2. The van der Waals surface area contributed by atoms with Gasteiger partial charge in [-0.25, -0.2) is 4.79 Å². The third-order valence-electron chi connectivity index (χ3n) is 4.25. The van der Waals surface area contributed by atoms with Gasteiger partial charge in [-0.1, -0.05) is 41.9 Å². The van der Waals surface area contributed by atoms with Crippen molar-refractivity contribution in [3.8, 4) is 0 Å². The molecule has 1 aliphatic heterocycles. The lowest BCUT2D eigenvalue weighted by atomic mass is 10.0. The van der Waals surface area contributed by atoms with Crippen molar-refractivity contribution >= 4 is 29.2 Å². The van der Waals surface area contributed by atoms with Crippen LogP contribution < -0.4 is 10.6 Å². The fraction of sp³-hybridized carbons (Fsp3) is 0.263. The van der Waals surface area contributed by atoms with Crippen LogP contribution in [0.3, 0.4) is 0 Å². The maximum atomic E-state index is 12.5. The van der Waals surface area contributed by atoms with Gasteiger partial charge < -0.3 is 15.5 Å². The first kappa shape index (κ1) is 17.3. The van der Waals surface area contributed by atoms with Gasteiger partial charge in [0.15, 0.2) is 0 Å². The summed E-state index contributed by atoms with van der Waals surface area (Å²) in [5, 5.41) is 6.24. The molecule has 5 nitrogen and oxygen atoms in total. The number of amides is 3. The highest BCUT2D eigenvalue weighted by Crippen LogP contribution is 2.20. The first-order valence-corrected chi connectivity index (χ1v) is 8.67. The zero-order valence-electron chi connectivity index (χ0n) is 13.7. The second-order valence-electron chi connectivity index (χ2n) is 6.01. The van der Waals surface area contributed by atoms with Gasteiger partial charge in [0.1, 0.15) is 0 Å². The van der Waals surface area contributed by atoms with Gasteiger partial charge in [-0.3, -0.25) is 4.79 Å². The first-order chi connectivity index (χ1) is 12.1. The summed E-state index contributed by atoms with van der Waals surface area (Å²) in [5.41, 5.74) is 1.28. The van der Waals surface area contributed by atoms with Crippen molar-refractivity contribution < 1.29 is 9.59 Å². The number of piperidine rings is 1. The Hall–Kier alpha value is -2.53. The summed E-state index contributed by atoms with van der Waals surface area (Å²) in [4.78, 5) is 26.4. The summed E-state index contributed by atoms with van der Waals surface area (Å²) in [6.07, 6.45) is 1.44. The quantitative estimate of drug-likeness (QED) is 0.878. The Morgan fingerprint density at radius 3 is 2.28 bits per heavy atom. The number of para-hydroxylation sites is 1. The number of likely N-dealkylation sites (tertiary alicyclic amines) is 1. The molecule has 1 heterocycles. The van der Waals surface area contributed by atoms with E-state index in [9.17, 15) is 9.59 Å². The summed E-state index contributed by atoms with van der Waals surface area (Å²) in [7, 11) is 0. The second kappa shape index (κ2) is 8.03. The molecule has 0 spiro atoms. The smallest absolute Gasteiger partial charge is 0.319 e. The van der Waals surface area contributed by atoms with E-state index in [2.05, 4.69) is 10.6 Å². The molecule has 3 amide bonds. The Morgan fingerprint density at radius 2 is 1.60 bits per heavy atom. The van der Waals surface area contributed by atoms with E-state index >= 15 is 0 Å². The van der Waals surface area contributed by atoms with Crippen molar-refractivity contribution in [3.05, 3.63) is 65.2 Å². The molecular formula is C19H20ClN3O2. The Labute approximate surface area is 152 Å². The van der Waals surface area contributed by atoms with Crippen LogP contribution in [0.4, 0.5) is 10.5 Å². The molecule has 0 unspecified atom stereocenters. The standard InChI is InChI=1S/C19H20ClN3O2/c20-17-9-5-4-8-16(17)18(24)23-12-10-15(11-13-23)22-19(25)21-14-6-2-1-3-7-14/h1-9,15H,10-13H2,(H2,21,22,25). The number of hydrogen-bond acceptors (Lipinski definition) is 2. The lowest BCUT2D eigenvalue weighted by molar-refractivity contribution is 0.0709. The SMILES string of the molecule is O=C(Nc1ccccc1)NC1CCN(C(=O)c2ccccc2Cl)CC1. The minimum absolute atomic E-state index is 0.0546. The molecule has 0 radical (unpaired) electrons. The predicted molar refractivity (Wildman–Crippen MR) is 99.0 cm³/mol. The highest BCUT2D eigenvalue weighted by atomic mass is 35.5. The van der Waals surface area contributed by atoms with E-state index in [1.807, 2.05) is 30.3 Å². The molecule has 1 saturated heterocycles. The van der Waals surface area contributed by atoms with Gasteiger partial charge in [0.25, 0.3) is 5.91 Å². The maximum absolute atomic E-state index is 12.5. The van der Waals surface area contributed by atoms with E-state index in [0.717, 1.165) is 18.5 Å². The molecule has 0 saturated carbocycles. The molecule has 0 bridgehead atoms. The van der Waals surface area contributed by atoms with E-state index in [4.69, 9.17) is 11.6 Å². The number of hydrogen-bond donors (Lipinski definition) is 2. The number of carbonyl (C=O) groups is 2. The number of nitrogens with one attached hydrogen (secondary N) is 2. The monoisotopic (exact) mass is 357 g/mol. The minimum Gasteiger partial charge on any atom is -0.338 e. The van der Waals surface area contributed by atoms with Crippen molar-refractivity contribution in [1.29, 1.82) is 0 Å². The van der Waals surface area contributed by atoms with E-state index in [-0.39, 0.29) is 18.0 Å². The van der Waals surface area contributed by atoms with E-state index in [1.165, 1.54) is 0 Å². The highest BCUT2D eigenvalue weighted by molar-refractivity contribution is 6.33. The fourth-order valence-corrected chi connectivity index (χ4v) is 3.12. The van der Waals surface area contributed by atoms with E-state index in [0.29, 0.717) is 23.7 Å². The summed E-state index contributed by atoms with van der Waals surface area (Å²) < 4.78 is 0. The molecule has 2 aromatic carbocycles. The third kappa shape index (κ3) is 4.51. The van der Waals surface area contributed by atoms with Gasteiger partial charge in [-0.2, -0.15) is 0 Å². The maximum Gasteiger partial charge on any atom is 0.319 e. The molecule has 130 valence electrons. The van der Waals surface area contributed by atoms with Crippen molar-refractivity contribution in [1.82, 2.24) is 10.2 Å². The van der Waals surface area contributed by atoms with Crippen molar-refractivity contribution in [2.75, 3.05) is 18.4 Å². The summed E-state index contributed by atoms with van der Waals surface area (Å²) in [6.45, 7) is 1.20. The van der Waals surface area contributed by atoms with Crippen molar-refractivity contribution in [2.24, 2.45) is 0 Å². The van der Waals surface area contributed by atoms with Gasteiger partial charge >= 0.3 is 6.03 Å². The second-order valence-corrected chi connectivity index (χ2v) is 6.42. The van der Waals surface area contributed by atoms with Crippen LogP contribution in [0.5, 0.6) is 0 Å². The minimum atomic E-state index is -0.220. The highest BCUT2D eigenvalue weighted by Gasteiger charge is 2.25. The Balaban J connectivity index is 1.49. The molecule has 0 aromatic heterocycles. The normalized spacial score (nSPS) is 14.8. The molecule has 25 heavy (non-hydrogen) atoms. The van der Waals surface area contributed by atoms with Crippen LogP contribution in [0, 0.1) is 0 Å². The van der Waals surface area contributed by atoms with Crippen LogP contribution in [0.2, 0.25) is 5.02 Å². The van der Waals surface area contributed by atoms with Crippen molar-refractivity contribution in [3.63, 3.8) is 0 Å². The fourth-order valence-electron chi connectivity index (χ4n) is 2.91. The van der Waals surface area contributed by atoms with Gasteiger partial charge in [-0.05, 0) is 37.1 Å². The summed E-state index contributed by atoms with van der Waals surface area (Å²) in [6, 6.07) is 16.2. The lowest BCUT2D eigenvalue weighted by Crippen LogP contribution is -2.47. The Morgan fingerprint density at radius 1 is 0.960 bits per heavy atom. The van der Waals surface area contributed by atoms with Crippen LogP contribution in [0.15, 0.2) is 54.6 Å². The molecule has 3 rings (SSSR count). The molecule has 0 aliphatic carbocycles. The van der Waals surface area contributed by atoms with Crippen LogP contribution in [-0.4, -0.2) is 36.0 Å². The van der Waals surface area contributed by atoms with Gasteiger partial charge in [0.2, 0.25) is 0 Å². The van der Waals surface area contributed by atoms with E-state index in [1.54, 1.807) is 29.2 Å². The Kier molecular flexibility index (Phi) is 5.56. The third-order valence-corrected chi connectivity index (χ3v) is 4.58. The predicted octanol–water partition coefficient (Wildman–Crippen LogP) is 3.77. The average molecular weight is 358 g/mol. The Bertz CT molecular complexity index is 743. The molecule has 6 heteroatoms. The van der Waals surface area contributed by atoms with Crippen molar-refractivity contribution in [2.45, 2.75) is 18.9 Å². The van der Waals surface area contributed by atoms with Gasteiger partial charge in [0, 0.05) is 24.8 Å². The number of anilines is 1. The molecule has 2 N–H and O–H groups in total. The largest absolute Gasteiger partial charge is 0.338 e. The van der Waals surface area contributed by atoms with Crippen LogP contribution in [0.1, 0.15) is 23.2 Å². The number of benzene rings is 2. The van der Waals surface area contributed by atoms with Gasteiger partial charge in [-0.15, -0.1) is 0 Å². The zero-order valence-corrected chi connectivity index (χ0v) is 14.5. The lowest BCUT2D eigenvalue weighted by Gasteiger charge is -2.32. The number of nitrogens with zero attached hydrogens (tertiary/aromatic N) is 1. The molecule has 0 atom stereocenters. The van der Waals surface area contributed by atoms with E-state index < -0.39 is 0 Å². The number of halogens is 1. The zero-order chi connectivity index (χ0) is 17.6. The number of rotatable bonds is 3. The van der Waals surface area contributed by atoms with Crippen LogP contribution >= 0.6 is 11.6 Å². The first-order valence-electron chi connectivity index (χ1n) is 8.30. The molecule has 1 fully saturated rings. The molecule has 2 aromatic rings. The average Bonchev–Trinajstić information content (AvgIpc) is 2.63. The van der Waals surface area contributed by atoms with Gasteiger partial charge in [0.05, 0.1) is 10.6 Å². The topological polar surface area (TPSA) is 61.4 Å². The molecule has 1 aliphatic rings. The van der Waals surface area contributed by atoms with Crippen LogP contribution in [0.25, 0.3) is 0 Å². The molecular weight excluding hydrogens is 338 g/mol.